The van der Waals surface area contributed by atoms with E-state index in [0.29, 0.717) is 6.54 Å². The lowest BCUT2D eigenvalue weighted by molar-refractivity contribution is 0.125. The van der Waals surface area contributed by atoms with E-state index in [4.69, 9.17) is 5.21 Å². The van der Waals surface area contributed by atoms with E-state index in [2.05, 4.69) is 43.6 Å². The highest BCUT2D eigenvalue weighted by molar-refractivity contribution is 5.48. The molecule has 1 rings (SSSR count). The van der Waals surface area contributed by atoms with Crippen LogP contribution >= 0.6 is 0 Å². The Balaban J connectivity index is 2.46. The number of nitrogens with one attached hydrogen (secondary N) is 1. The Kier molecular flexibility index (Phi) is 4.53. The second kappa shape index (κ2) is 5.69. The highest BCUT2D eigenvalue weighted by Crippen LogP contribution is 2.20. The van der Waals surface area contributed by atoms with Gasteiger partial charge in [-0.15, -0.1) is 0 Å². The molecule has 0 fully saturated rings. The molecule has 1 aromatic carbocycles. The first-order valence-corrected chi connectivity index (χ1v) is 5.23. The molecule has 0 aliphatic rings. The molecular weight excluding hydrogens is 186 g/mol. The summed E-state index contributed by atoms with van der Waals surface area (Å²) in [4.78, 5) is 0. The molecule has 2 nitrogen and oxygen atoms in total. The van der Waals surface area contributed by atoms with Gasteiger partial charge in [-0.25, -0.2) is 5.48 Å². The molecule has 0 heterocycles. The molecule has 0 aliphatic carbocycles. The number of rotatable bonds is 5. The Labute approximate surface area is 91.6 Å². The summed E-state index contributed by atoms with van der Waals surface area (Å²) in [7, 11) is 0. The smallest absolute Gasteiger partial charge is 0.0261 e. The fourth-order valence-electron chi connectivity index (χ4n) is 1.36. The lowest BCUT2D eigenvalue weighted by Crippen LogP contribution is -2.26. The van der Waals surface area contributed by atoms with Crippen molar-refractivity contribution < 1.29 is 5.21 Å². The summed E-state index contributed by atoms with van der Waals surface area (Å²) in [5.41, 5.74) is 3.52. The highest BCUT2D eigenvalue weighted by Gasteiger charge is 2.14. The molecule has 0 atom stereocenters. The molecule has 15 heavy (non-hydrogen) atoms. The third-order valence-electron chi connectivity index (χ3n) is 2.34. The van der Waals surface area contributed by atoms with Gasteiger partial charge in [0.2, 0.25) is 0 Å². The average molecular weight is 205 g/mol. The SMILES string of the molecule is CC(C)(C/C=C/c1ccccc1)CNO. The van der Waals surface area contributed by atoms with Gasteiger partial charge in [-0.2, -0.15) is 0 Å². The summed E-state index contributed by atoms with van der Waals surface area (Å²) < 4.78 is 0. The molecule has 2 N–H and O–H groups in total. The average Bonchev–Trinajstić information content (AvgIpc) is 2.19. The van der Waals surface area contributed by atoms with Crippen LogP contribution in [0.25, 0.3) is 6.08 Å². The second-order valence-electron chi connectivity index (χ2n) is 4.52. The Morgan fingerprint density at radius 1 is 1.27 bits per heavy atom. The number of hydrogen-bond donors (Lipinski definition) is 2. The van der Waals surface area contributed by atoms with E-state index in [0.717, 1.165) is 6.42 Å². The summed E-state index contributed by atoms with van der Waals surface area (Å²) in [5, 5.41) is 8.64. The Bertz CT molecular complexity index is 304. The Hall–Kier alpha value is -1.12. The van der Waals surface area contributed by atoms with Crippen molar-refractivity contribution in [3.63, 3.8) is 0 Å². The van der Waals surface area contributed by atoms with E-state index < -0.39 is 0 Å². The molecule has 0 aromatic heterocycles. The maximum atomic E-state index is 8.64. The lowest BCUT2D eigenvalue weighted by atomic mass is 9.89. The van der Waals surface area contributed by atoms with Gasteiger partial charge in [-0.1, -0.05) is 56.3 Å². The molecule has 0 saturated heterocycles. The van der Waals surface area contributed by atoms with Crippen molar-refractivity contribution in [2.24, 2.45) is 5.41 Å². The van der Waals surface area contributed by atoms with Gasteiger partial charge in [-0.05, 0) is 17.4 Å². The summed E-state index contributed by atoms with van der Waals surface area (Å²) in [5.74, 6) is 0. The molecule has 0 spiro atoms. The van der Waals surface area contributed by atoms with Gasteiger partial charge in [0.25, 0.3) is 0 Å². The van der Waals surface area contributed by atoms with Crippen molar-refractivity contribution in [2.75, 3.05) is 6.54 Å². The quantitative estimate of drug-likeness (QED) is 0.724. The predicted molar refractivity (Wildman–Crippen MR) is 63.7 cm³/mol. The summed E-state index contributed by atoms with van der Waals surface area (Å²) in [6.07, 6.45) is 5.20. The summed E-state index contributed by atoms with van der Waals surface area (Å²) >= 11 is 0. The number of allylic oxidation sites excluding steroid dienone is 1. The molecule has 2 heteroatoms. The van der Waals surface area contributed by atoms with Gasteiger partial charge < -0.3 is 5.21 Å². The van der Waals surface area contributed by atoms with E-state index in [1.54, 1.807) is 0 Å². The fraction of sp³-hybridized carbons (Fsp3) is 0.385. The van der Waals surface area contributed by atoms with Gasteiger partial charge in [0.1, 0.15) is 0 Å². The van der Waals surface area contributed by atoms with Gasteiger partial charge in [0, 0.05) is 6.54 Å². The minimum atomic E-state index is 0.0834. The first kappa shape index (κ1) is 12.0. The van der Waals surface area contributed by atoms with Crippen LogP contribution in [0.2, 0.25) is 0 Å². The van der Waals surface area contributed by atoms with E-state index in [1.165, 1.54) is 5.56 Å². The lowest BCUT2D eigenvalue weighted by Gasteiger charge is -2.21. The highest BCUT2D eigenvalue weighted by atomic mass is 16.5. The van der Waals surface area contributed by atoms with Crippen LogP contribution in [0.15, 0.2) is 36.4 Å². The molecular formula is C13H19NO. The minimum absolute atomic E-state index is 0.0834. The minimum Gasteiger partial charge on any atom is -0.317 e. The first-order chi connectivity index (χ1) is 7.14. The van der Waals surface area contributed by atoms with Crippen molar-refractivity contribution in [3.8, 4) is 0 Å². The zero-order valence-electron chi connectivity index (χ0n) is 9.40. The van der Waals surface area contributed by atoms with Crippen LogP contribution in [0.1, 0.15) is 25.8 Å². The zero-order valence-corrected chi connectivity index (χ0v) is 9.40. The van der Waals surface area contributed by atoms with Crippen LogP contribution in [0, 0.1) is 5.41 Å². The monoisotopic (exact) mass is 205 g/mol. The number of hydrogen-bond acceptors (Lipinski definition) is 2. The van der Waals surface area contributed by atoms with E-state index in [1.807, 2.05) is 18.2 Å². The van der Waals surface area contributed by atoms with Crippen molar-refractivity contribution in [1.29, 1.82) is 0 Å². The van der Waals surface area contributed by atoms with Crippen LogP contribution in [0.4, 0.5) is 0 Å². The number of benzene rings is 1. The van der Waals surface area contributed by atoms with Crippen molar-refractivity contribution in [2.45, 2.75) is 20.3 Å². The van der Waals surface area contributed by atoms with Gasteiger partial charge in [-0.3, -0.25) is 0 Å². The Morgan fingerprint density at radius 3 is 2.53 bits per heavy atom. The molecule has 0 aliphatic heterocycles. The van der Waals surface area contributed by atoms with Gasteiger partial charge in [0.05, 0.1) is 0 Å². The maximum Gasteiger partial charge on any atom is 0.0261 e. The molecule has 1 aromatic rings. The second-order valence-corrected chi connectivity index (χ2v) is 4.52. The topological polar surface area (TPSA) is 32.3 Å². The summed E-state index contributed by atoms with van der Waals surface area (Å²) in [6, 6.07) is 10.2. The van der Waals surface area contributed by atoms with Crippen LogP contribution in [-0.2, 0) is 0 Å². The van der Waals surface area contributed by atoms with Crippen molar-refractivity contribution in [1.82, 2.24) is 5.48 Å². The van der Waals surface area contributed by atoms with Crippen molar-refractivity contribution in [3.05, 3.63) is 42.0 Å². The van der Waals surface area contributed by atoms with E-state index >= 15 is 0 Å². The maximum absolute atomic E-state index is 8.64. The molecule has 0 amide bonds. The van der Waals surface area contributed by atoms with Crippen LogP contribution in [0.3, 0.4) is 0 Å². The molecule has 0 bridgehead atoms. The number of hydroxylamine groups is 1. The van der Waals surface area contributed by atoms with Crippen LogP contribution in [-0.4, -0.2) is 11.8 Å². The summed E-state index contributed by atoms with van der Waals surface area (Å²) in [6.45, 7) is 4.84. The molecule has 82 valence electrons. The normalized spacial score (nSPS) is 12.2. The Morgan fingerprint density at radius 2 is 1.93 bits per heavy atom. The predicted octanol–water partition coefficient (Wildman–Crippen LogP) is 3.09. The molecule has 0 saturated carbocycles. The fourth-order valence-corrected chi connectivity index (χ4v) is 1.36. The third kappa shape index (κ3) is 4.77. The first-order valence-electron chi connectivity index (χ1n) is 5.23. The van der Waals surface area contributed by atoms with Gasteiger partial charge in [0.15, 0.2) is 0 Å². The molecule has 0 unspecified atom stereocenters. The van der Waals surface area contributed by atoms with Crippen LogP contribution in [0.5, 0.6) is 0 Å². The standard InChI is InChI=1S/C13H19NO/c1-13(2,11-14-15)10-6-9-12-7-4-3-5-8-12/h3-9,14-15H,10-11H2,1-2H3/b9-6+. The molecule has 0 radical (unpaired) electrons. The van der Waals surface area contributed by atoms with Gasteiger partial charge >= 0.3 is 0 Å². The third-order valence-corrected chi connectivity index (χ3v) is 2.34. The van der Waals surface area contributed by atoms with E-state index in [-0.39, 0.29) is 5.41 Å². The zero-order chi connectivity index (χ0) is 11.1. The van der Waals surface area contributed by atoms with Crippen LogP contribution < -0.4 is 5.48 Å². The van der Waals surface area contributed by atoms with Crippen molar-refractivity contribution >= 4 is 6.08 Å². The van der Waals surface area contributed by atoms with E-state index in [9.17, 15) is 0 Å². The largest absolute Gasteiger partial charge is 0.317 e.